The summed E-state index contributed by atoms with van der Waals surface area (Å²) in [5.74, 6) is -1.22. The molecule has 0 saturated carbocycles. The summed E-state index contributed by atoms with van der Waals surface area (Å²) < 4.78 is 21.4. The lowest BCUT2D eigenvalue weighted by molar-refractivity contribution is 0.0696. The molecule has 0 atom stereocenters. The monoisotopic (exact) mass is 278 g/mol. The lowest BCUT2D eigenvalue weighted by atomic mass is 10.1. The van der Waals surface area contributed by atoms with Gasteiger partial charge < -0.3 is 5.11 Å². The Hall–Kier alpha value is -0.880. The molecule has 1 aromatic carbocycles. The van der Waals surface area contributed by atoms with E-state index in [1.54, 1.807) is 6.07 Å². The minimum absolute atomic E-state index is 0.0752. The lowest BCUT2D eigenvalue weighted by Gasteiger charge is -2.00. The molecule has 0 aliphatic rings. The van der Waals surface area contributed by atoms with Crippen molar-refractivity contribution in [3.05, 3.63) is 33.8 Å². The lowest BCUT2D eigenvalue weighted by Crippen LogP contribution is -1.98. The molecule has 0 fully saturated rings. The maximum absolute atomic E-state index is 10.6. The zero-order chi connectivity index (χ0) is 10.7. The van der Waals surface area contributed by atoms with Crippen LogP contribution < -0.4 is 0 Å². The third kappa shape index (κ3) is 3.12. The molecule has 0 saturated heterocycles. The molecule has 6 heteroatoms. The van der Waals surface area contributed by atoms with Crippen molar-refractivity contribution in [3.63, 3.8) is 0 Å². The molecule has 1 aromatic rings. The first kappa shape index (κ1) is 11.2. The average molecular weight is 279 g/mol. The van der Waals surface area contributed by atoms with E-state index in [0.717, 1.165) is 0 Å². The number of rotatable bonds is 3. The van der Waals surface area contributed by atoms with Crippen molar-refractivity contribution in [1.29, 1.82) is 0 Å². The zero-order valence-electron chi connectivity index (χ0n) is 6.94. The van der Waals surface area contributed by atoms with E-state index in [4.69, 9.17) is 5.11 Å². The van der Waals surface area contributed by atoms with Crippen LogP contribution in [0.2, 0.25) is 0 Å². The van der Waals surface area contributed by atoms with Crippen molar-refractivity contribution >= 4 is 32.6 Å². The molecule has 1 rings (SSSR count). The predicted octanol–water partition coefficient (Wildman–Crippen LogP) is 1.26. The minimum atomic E-state index is -2.53. The molecule has 0 aliphatic carbocycles. The smallest absolute Gasteiger partial charge is 0.335 e. The summed E-state index contributed by atoms with van der Waals surface area (Å²) in [5.41, 5.74) is 0.541. The number of carbonyl (C=O) groups is 1. The minimum Gasteiger partial charge on any atom is -0.478 e. The molecule has 14 heavy (non-hydrogen) atoms. The fourth-order valence-electron chi connectivity index (χ4n) is 1.01. The summed E-state index contributed by atoms with van der Waals surface area (Å²) in [7, 11) is -2.53. The van der Waals surface area contributed by atoms with Crippen LogP contribution in [0.5, 0.6) is 0 Å². The Kier molecular flexibility index (Phi) is 3.65. The largest absolute Gasteiger partial charge is 0.478 e. The van der Waals surface area contributed by atoms with Gasteiger partial charge in [0, 0.05) is 4.47 Å². The fraction of sp³-hybridized carbons (Fsp3) is 0.125. The van der Waals surface area contributed by atoms with Gasteiger partial charge in [0.1, 0.15) is 10.7 Å². The highest BCUT2D eigenvalue weighted by molar-refractivity contribution is 9.10. The van der Waals surface area contributed by atoms with Crippen molar-refractivity contribution < 1.29 is 18.3 Å². The molecule has 0 spiro atoms. The number of hydrogen-bond donors (Lipinski definition) is 2. The first-order valence-corrected chi connectivity index (χ1v) is 5.79. The van der Waals surface area contributed by atoms with Crippen LogP contribution in [-0.2, 0) is 16.5 Å². The van der Waals surface area contributed by atoms with Gasteiger partial charge in [-0.2, -0.15) is 0 Å². The second kappa shape index (κ2) is 4.56. The molecule has 0 amide bonds. The summed E-state index contributed by atoms with van der Waals surface area (Å²) in [6, 6.07) is 4.35. The van der Waals surface area contributed by atoms with E-state index in [1.165, 1.54) is 12.1 Å². The van der Waals surface area contributed by atoms with Gasteiger partial charge in [-0.25, -0.2) is 13.2 Å². The second-order valence-corrected chi connectivity index (χ2v) is 4.54. The highest BCUT2D eigenvalue weighted by Crippen LogP contribution is 2.16. The van der Waals surface area contributed by atoms with Crippen molar-refractivity contribution in [2.24, 2.45) is 0 Å². The zero-order valence-corrected chi connectivity index (χ0v) is 9.42. The van der Waals surface area contributed by atoms with E-state index < -0.39 is 16.7 Å². The molecule has 0 heterocycles. The average Bonchev–Trinajstić information content (AvgIpc) is 2.01. The van der Waals surface area contributed by atoms with Crippen molar-refractivity contribution in [2.45, 2.75) is 5.75 Å². The topological polar surface area (TPSA) is 71.4 Å². The first-order valence-electron chi connectivity index (χ1n) is 3.63. The van der Waals surface area contributed by atoms with Crippen LogP contribution in [0.25, 0.3) is 0 Å². The van der Waals surface area contributed by atoms with Gasteiger partial charge in [-0.15, -0.1) is 0 Å². The Bertz CT molecular complexity index is 431. The van der Waals surface area contributed by atoms with Gasteiger partial charge >= 0.3 is 5.97 Å². The molecule has 0 unspecified atom stereocenters. The van der Waals surface area contributed by atoms with E-state index >= 15 is 0 Å². The van der Waals surface area contributed by atoms with Crippen LogP contribution in [-0.4, -0.2) is 19.5 Å². The van der Waals surface area contributed by atoms with Crippen LogP contribution in [0.1, 0.15) is 15.9 Å². The number of benzene rings is 1. The molecule has 0 aliphatic heterocycles. The highest BCUT2D eigenvalue weighted by atomic mass is 79.9. The van der Waals surface area contributed by atoms with Crippen molar-refractivity contribution in [1.82, 2.24) is 0 Å². The van der Waals surface area contributed by atoms with Gasteiger partial charge in [0.2, 0.25) is 0 Å². The van der Waals surface area contributed by atoms with Crippen LogP contribution in [0.15, 0.2) is 22.7 Å². The summed E-state index contributed by atoms with van der Waals surface area (Å²) in [5, 5.41) is 8.70. The summed E-state index contributed by atoms with van der Waals surface area (Å²) in [6.45, 7) is 0. The summed E-state index contributed by atoms with van der Waals surface area (Å²) >= 11 is 3.11. The Morgan fingerprint density at radius 3 is 2.50 bits per heavy atom. The van der Waals surface area contributed by atoms with Crippen LogP contribution in [0, 0.1) is 0 Å². The Morgan fingerprint density at radius 1 is 1.36 bits per heavy atom. The number of halogens is 1. The number of carboxylic acid groups (broad SMARTS) is 1. The molecular weight excluding hydrogens is 272 g/mol. The number of thiol groups is 1. The summed E-state index contributed by atoms with van der Waals surface area (Å²) in [4.78, 5) is 10.6. The Balaban J connectivity index is 3.13. The second-order valence-electron chi connectivity index (χ2n) is 2.64. The highest BCUT2D eigenvalue weighted by Gasteiger charge is 2.06. The van der Waals surface area contributed by atoms with E-state index in [0.29, 0.717) is 10.0 Å². The normalized spacial score (nSPS) is 10.4. The van der Waals surface area contributed by atoms with Gasteiger partial charge in [0.25, 0.3) is 0 Å². The third-order valence-corrected chi connectivity index (χ3v) is 2.60. The van der Waals surface area contributed by atoms with Gasteiger partial charge in [-0.3, -0.25) is 0 Å². The van der Waals surface area contributed by atoms with Gasteiger partial charge in [0.15, 0.2) is 0 Å². The Labute approximate surface area is 90.6 Å². The van der Waals surface area contributed by atoms with Gasteiger partial charge in [0.05, 0.1) is 11.3 Å². The number of carboxylic acids is 1. The van der Waals surface area contributed by atoms with Crippen LogP contribution >= 0.6 is 15.9 Å². The molecule has 0 radical (unpaired) electrons. The molecule has 0 bridgehead atoms. The quantitative estimate of drug-likeness (QED) is 0.817. The molecule has 4 nitrogen and oxygen atoms in total. The molecular formula is C8H7BrO4S. The molecule has 76 valence electrons. The van der Waals surface area contributed by atoms with E-state index in [9.17, 15) is 13.2 Å². The third-order valence-electron chi connectivity index (χ3n) is 1.52. The maximum atomic E-state index is 10.6. The van der Waals surface area contributed by atoms with Crippen LogP contribution in [0.3, 0.4) is 0 Å². The maximum Gasteiger partial charge on any atom is 0.335 e. The SMILES string of the molecule is O=C(O)c1cc(Br)cc(C[SH](=O)=O)c1. The predicted molar refractivity (Wildman–Crippen MR) is 55.1 cm³/mol. The number of hydrogen-bond acceptors (Lipinski definition) is 3. The summed E-state index contributed by atoms with van der Waals surface area (Å²) in [6.07, 6.45) is 0. The van der Waals surface area contributed by atoms with Crippen LogP contribution in [0.4, 0.5) is 0 Å². The van der Waals surface area contributed by atoms with Gasteiger partial charge in [-0.1, -0.05) is 15.9 Å². The number of aromatic carboxylic acids is 1. The standard InChI is InChI=1S/C8H7BrO4S/c9-7-2-5(4-14(12)13)1-6(3-7)8(10)11/h1-3,14H,4H2,(H,10,11). The first-order chi connectivity index (χ1) is 6.49. The Morgan fingerprint density at radius 2 is 2.00 bits per heavy atom. The fourth-order valence-corrected chi connectivity index (χ4v) is 2.04. The van der Waals surface area contributed by atoms with E-state index in [2.05, 4.69) is 15.9 Å². The van der Waals surface area contributed by atoms with Crippen molar-refractivity contribution in [3.8, 4) is 0 Å². The van der Waals surface area contributed by atoms with Crippen molar-refractivity contribution in [2.75, 3.05) is 0 Å². The molecule has 1 N–H and O–H groups in total. The van der Waals surface area contributed by atoms with E-state index in [-0.39, 0.29) is 11.3 Å². The molecule has 0 aromatic heterocycles. The van der Waals surface area contributed by atoms with E-state index in [1.807, 2.05) is 0 Å². The van der Waals surface area contributed by atoms with Gasteiger partial charge in [-0.05, 0) is 23.8 Å².